The number of hydrogen-bond donors (Lipinski definition) is 1. The SMILES string of the molecule is C1CSC(SCC2CNC2)=N1.Cl. The number of hydrogen-bond acceptors (Lipinski definition) is 4. The Balaban J connectivity index is 0.000000720. The lowest BCUT2D eigenvalue weighted by atomic mass is 10.1. The third-order valence-electron chi connectivity index (χ3n) is 1.87. The van der Waals surface area contributed by atoms with E-state index < -0.39 is 0 Å². The Morgan fingerprint density at radius 2 is 2.42 bits per heavy atom. The van der Waals surface area contributed by atoms with Crippen molar-refractivity contribution in [1.29, 1.82) is 0 Å². The number of nitrogens with one attached hydrogen (secondary N) is 1. The highest BCUT2D eigenvalue weighted by Crippen LogP contribution is 2.24. The van der Waals surface area contributed by atoms with Gasteiger partial charge in [0, 0.05) is 11.5 Å². The lowest BCUT2D eigenvalue weighted by Gasteiger charge is -2.26. The van der Waals surface area contributed by atoms with Gasteiger partial charge < -0.3 is 5.32 Å². The summed E-state index contributed by atoms with van der Waals surface area (Å²) in [7, 11) is 0. The van der Waals surface area contributed by atoms with Crippen molar-refractivity contribution in [1.82, 2.24) is 5.32 Å². The minimum absolute atomic E-state index is 0. The van der Waals surface area contributed by atoms with Gasteiger partial charge >= 0.3 is 0 Å². The van der Waals surface area contributed by atoms with Crippen LogP contribution in [0, 0.1) is 5.92 Å². The molecular weight excluding hydrogens is 212 g/mol. The minimum atomic E-state index is 0. The van der Waals surface area contributed by atoms with Crippen molar-refractivity contribution < 1.29 is 0 Å². The molecule has 0 radical (unpaired) electrons. The topological polar surface area (TPSA) is 24.4 Å². The van der Waals surface area contributed by atoms with Crippen LogP contribution in [0.25, 0.3) is 0 Å². The fourth-order valence-corrected chi connectivity index (χ4v) is 3.18. The Morgan fingerprint density at radius 1 is 1.58 bits per heavy atom. The maximum Gasteiger partial charge on any atom is 0.124 e. The molecule has 2 heterocycles. The van der Waals surface area contributed by atoms with E-state index in [1.807, 2.05) is 23.5 Å². The van der Waals surface area contributed by atoms with E-state index in [2.05, 4.69) is 10.3 Å². The van der Waals surface area contributed by atoms with Gasteiger partial charge in [0.15, 0.2) is 0 Å². The summed E-state index contributed by atoms with van der Waals surface area (Å²) in [4.78, 5) is 4.39. The molecule has 0 aliphatic carbocycles. The van der Waals surface area contributed by atoms with Crippen molar-refractivity contribution in [3.63, 3.8) is 0 Å². The zero-order chi connectivity index (χ0) is 7.52. The third-order valence-corrected chi connectivity index (χ3v) is 4.35. The molecule has 0 unspecified atom stereocenters. The molecule has 2 nitrogen and oxygen atoms in total. The lowest BCUT2D eigenvalue weighted by molar-refractivity contribution is 0.385. The van der Waals surface area contributed by atoms with Gasteiger partial charge in [0.2, 0.25) is 0 Å². The Labute approximate surface area is 87.8 Å². The Bertz CT molecular complexity index is 171. The van der Waals surface area contributed by atoms with E-state index in [9.17, 15) is 0 Å². The molecule has 1 fully saturated rings. The van der Waals surface area contributed by atoms with Crippen LogP contribution in [0.2, 0.25) is 0 Å². The average molecular weight is 225 g/mol. The summed E-state index contributed by atoms with van der Waals surface area (Å²) in [5.74, 6) is 3.37. The van der Waals surface area contributed by atoms with Gasteiger partial charge in [0.1, 0.15) is 4.38 Å². The summed E-state index contributed by atoms with van der Waals surface area (Å²) >= 11 is 3.85. The molecule has 0 aromatic carbocycles. The third kappa shape index (κ3) is 2.83. The minimum Gasteiger partial charge on any atom is -0.316 e. The molecule has 1 N–H and O–H groups in total. The molecule has 1 saturated heterocycles. The predicted octanol–water partition coefficient (Wildman–Crippen LogP) is 1.46. The average Bonchev–Trinajstić information content (AvgIpc) is 2.36. The van der Waals surface area contributed by atoms with Crippen LogP contribution in [-0.4, -0.2) is 35.5 Å². The molecule has 2 rings (SSSR count). The van der Waals surface area contributed by atoms with Crippen LogP contribution in [0.15, 0.2) is 4.99 Å². The lowest BCUT2D eigenvalue weighted by Crippen LogP contribution is -2.43. The van der Waals surface area contributed by atoms with Crippen LogP contribution in [0.1, 0.15) is 0 Å². The number of thioether (sulfide) groups is 2. The first-order valence-electron chi connectivity index (χ1n) is 3.96. The van der Waals surface area contributed by atoms with E-state index in [0.717, 1.165) is 12.5 Å². The molecule has 0 aromatic rings. The summed E-state index contributed by atoms with van der Waals surface area (Å²) in [6.45, 7) is 3.46. The highest BCUT2D eigenvalue weighted by Gasteiger charge is 2.18. The van der Waals surface area contributed by atoms with Crippen LogP contribution in [0.5, 0.6) is 0 Å². The smallest absolute Gasteiger partial charge is 0.124 e. The molecule has 0 aromatic heterocycles. The Morgan fingerprint density at radius 3 is 2.92 bits per heavy atom. The summed E-state index contributed by atoms with van der Waals surface area (Å²) in [6, 6.07) is 0. The predicted molar refractivity (Wildman–Crippen MR) is 60.8 cm³/mol. The van der Waals surface area contributed by atoms with Crippen molar-refractivity contribution in [3.8, 4) is 0 Å². The Kier molecular flexibility index (Phi) is 4.79. The van der Waals surface area contributed by atoms with Gasteiger partial charge in [-0.1, -0.05) is 23.5 Å². The van der Waals surface area contributed by atoms with Gasteiger partial charge in [-0.15, -0.1) is 12.4 Å². The maximum atomic E-state index is 4.39. The molecule has 0 saturated carbocycles. The van der Waals surface area contributed by atoms with Crippen molar-refractivity contribution in [2.45, 2.75) is 0 Å². The van der Waals surface area contributed by atoms with Crippen LogP contribution in [-0.2, 0) is 0 Å². The number of halogens is 1. The highest BCUT2D eigenvalue weighted by atomic mass is 35.5. The van der Waals surface area contributed by atoms with E-state index in [1.54, 1.807) is 0 Å². The number of rotatable bonds is 2. The highest BCUT2D eigenvalue weighted by molar-refractivity contribution is 8.39. The molecule has 0 bridgehead atoms. The van der Waals surface area contributed by atoms with Crippen LogP contribution >= 0.6 is 35.9 Å². The molecule has 5 heteroatoms. The van der Waals surface area contributed by atoms with Crippen LogP contribution in [0.4, 0.5) is 0 Å². The fourth-order valence-electron chi connectivity index (χ4n) is 1.06. The van der Waals surface area contributed by atoms with Gasteiger partial charge in [-0.25, -0.2) is 0 Å². The summed E-state index contributed by atoms with van der Waals surface area (Å²) in [6.07, 6.45) is 0. The quantitative estimate of drug-likeness (QED) is 0.769. The normalized spacial score (nSPS) is 22.8. The van der Waals surface area contributed by atoms with E-state index in [0.29, 0.717) is 0 Å². The zero-order valence-electron chi connectivity index (χ0n) is 6.78. The second-order valence-corrected chi connectivity index (χ2v) is 5.18. The second kappa shape index (κ2) is 5.37. The molecule has 70 valence electrons. The summed E-state index contributed by atoms with van der Waals surface area (Å²) in [5, 5.41) is 3.28. The first-order chi connectivity index (χ1) is 5.45. The Hall–Kier alpha value is 0.620. The fraction of sp³-hybridized carbons (Fsp3) is 0.857. The first kappa shape index (κ1) is 10.7. The number of nitrogens with zero attached hydrogens (tertiary/aromatic N) is 1. The van der Waals surface area contributed by atoms with E-state index in [-0.39, 0.29) is 12.4 Å². The van der Waals surface area contributed by atoms with Gasteiger partial charge in [-0.3, -0.25) is 4.99 Å². The molecule has 0 atom stereocenters. The van der Waals surface area contributed by atoms with Crippen LogP contribution in [0.3, 0.4) is 0 Å². The summed E-state index contributed by atoms with van der Waals surface area (Å²) in [5.41, 5.74) is 0. The maximum absolute atomic E-state index is 4.39. The van der Waals surface area contributed by atoms with Gasteiger partial charge in [0.05, 0.1) is 6.54 Å². The van der Waals surface area contributed by atoms with Crippen molar-refractivity contribution in [2.75, 3.05) is 31.1 Å². The largest absolute Gasteiger partial charge is 0.316 e. The molecule has 2 aliphatic heterocycles. The van der Waals surface area contributed by atoms with E-state index >= 15 is 0 Å². The first-order valence-corrected chi connectivity index (χ1v) is 5.93. The van der Waals surface area contributed by atoms with Crippen LogP contribution < -0.4 is 5.32 Å². The molecule has 0 spiro atoms. The van der Waals surface area contributed by atoms with Crippen molar-refractivity contribution in [3.05, 3.63) is 0 Å². The zero-order valence-corrected chi connectivity index (χ0v) is 9.23. The van der Waals surface area contributed by atoms with E-state index in [4.69, 9.17) is 0 Å². The van der Waals surface area contributed by atoms with Crippen molar-refractivity contribution in [2.24, 2.45) is 10.9 Å². The molecular formula is C7H13ClN2S2. The second-order valence-electron chi connectivity index (χ2n) is 2.83. The van der Waals surface area contributed by atoms with Gasteiger partial charge in [0.25, 0.3) is 0 Å². The number of aliphatic imine (C=N–C) groups is 1. The molecule has 2 aliphatic rings. The monoisotopic (exact) mass is 224 g/mol. The van der Waals surface area contributed by atoms with E-state index in [1.165, 1.54) is 29.0 Å². The van der Waals surface area contributed by atoms with Crippen molar-refractivity contribution >= 4 is 40.3 Å². The standard InChI is InChI=1S/C7H12N2S2.ClH/c1-2-10-7(9-1)11-5-6-3-8-4-6;/h6,8H,1-5H2;1H. The van der Waals surface area contributed by atoms with Gasteiger partial charge in [-0.2, -0.15) is 0 Å². The summed E-state index contributed by atoms with van der Waals surface area (Å²) < 4.78 is 1.32. The van der Waals surface area contributed by atoms with Gasteiger partial charge in [-0.05, 0) is 19.0 Å². The molecule has 12 heavy (non-hydrogen) atoms. The molecule has 0 amide bonds.